The molecule has 1 aromatic carbocycles. The van der Waals surface area contributed by atoms with Gasteiger partial charge in [-0.05, 0) is 30.0 Å². The molecule has 2 aliphatic rings. The van der Waals surface area contributed by atoms with Crippen LogP contribution in [0.25, 0.3) is 0 Å². The van der Waals surface area contributed by atoms with Crippen molar-refractivity contribution in [2.45, 2.75) is 38.2 Å². The summed E-state index contributed by atoms with van der Waals surface area (Å²) in [5.41, 5.74) is 2.36. The molecule has 1 fully saturated rings. The van der Waals surface area contributed by atoms with Crippen LogP contribution in [-0.4, -0.2) is 48.3 Å². The van der Waals surface area contributed by atoms with Crippen molar-refractivity contribution in [2.75, 3.05) is 13.1 Å². The van der Waals surface area contributed by atoms with E-state index in [1.54, 1.807) is 0 Å². The van der Waals surface area contributed by atoms with Gasteiger partial charge in [0.25, 0.3) is 5.91 Å². The van der Waals surface area contributed by atoms with Crippen molar-refractivity contribution in [1.82, 2.24) is 10.2 Å². The molecule has 0 bridgehead atoms. The number of esters is 1. The highest BCUT2D eigenvalue weighted by Gasteiger charge is 2.46. The Morgan fingerprint density at radius 2 is 2.17 bits per heavy atom. The van der Waals surface area contributed by atoms with Crippen LogP contribution in [0.5, 0.6) is 0 Å². The fourth-order valence-electron chi connectivity index (χ4n) is 3.16. The van der Waals surface area contributed by atoms with Gasteiger partial charge in [0.15, 0.2) is 6.23 Å². The smallest absolute Gasteiger partial charge is 0.438 e. The number of ether oxygens (including phenoxy) is 1. The van der Waals surface area contributed by atoms with Gasteiger partial charge in [-0.1, -0.05) is 19.1 Å². The number of amides is 1. The molecule has 130 valence electrons. The number of nitrogens with one attached hydrogen (secondary N) is 1. The Morgan fingerprint density at radius 1 is 1.42 bits per heavy atom. The Balaban J connectivity index is 1.86. The number of nitrogens with zero attached hydrogens (tertiary/aromatic N) is 1. The molecule has 1 aromatic rings. The van der Waals surface area contributed by atoms with Crippen LogP contribution in [0.15, 0.2) is 18.2 Å². The molecule has 0 radical (unpaired) electrons. The minimum absolute atomic E-state index is 0.230. The number of aryl methyl sites for hydroxylation is 1. The third-order valence-corrected chi connectivity index (χ3v) is 4.42. The molecule has 1 N–H and O–H groups in total. The number of rotatable bonds is 2. The highest BCUT2D eigenvalue weighted by molar-refractivity contribution is 5.97. The lowest BCUT2D eigenvalue weighted by Crippen LogP contribution is -2.63. The molecule has 0 aromatic heterocycles. The average molecular weight is 342 g/mol. The zero-order valence-corrected chi connectivity index (χ0v) is 13.0. The molecule has 1 amide bonds. The number of carbonyl (C=O) groups excluding carboxylic acids is 2. The zero-order chi connectivity index (χ0) is 17.5. The molecule has 3 rings (SSSR count). The van der Waals surface area contributed by atoms with Crippen LogP contribution >= 0.6 is 0 Å². The van der Waals surface area contributed by atoms with E-state index < -0.39 is 24.4 Å². The van der Waals surface area contributed by atoms with Crippen molar-refractivity contribution in [2.24, 2.45) is 0 Å². The maximum Gasteiger partial charge on any atom is 0.490 e. The summed E-state index contributed by atoms with van der Waals surface area (Å²) in [7, 11) is 0. The van der Waals surface area contributed by atoms with Crippen molar-refractivity contribution >= 4 is 11.9 Å². The van der Waals surface area contributed by atoms with Gasteiger partial charge in [0.05, 0.1) is 6.04 Å². The van der Waals surface area contributed by atoms with Crippen molar-refractivity contribution in [3.63, 3.8) is 0 Å². The van der Waals surface area contributed by atoms with Crippen LogP contribution in [0.3, 0.4) is 0 Å². The minimum atomic E-state index is -5.06. The molecule has 2 atom stereocenters. The maximum atomic E-state index is 12.7. The lowest BCUT2D eigenvalue weighted by atomic mass is 9.89. The van der Waals surface area contributed by atoms with Crippen LogP contribution in [0, 0.1) is 0 Å². The minimum Gasteiger partial charge on any atom is -0.438 e. The van der Waals surface area contributed by atoms with Gasteiger partial charge in [0.2, 0.25) is 0 Å². The number of benzene rings is 1. The number of hydrogen-bond donors (Lipinski definition) is 1. The number of alkyl halides is 3. The summed E-state index contributed by atoms with van der Waals surface area (Å²) in [4.78, 5) is 25.3. The molecule has 2 heterocycles. The summed E-state index contributed by atoms with van der Waals surface area (Å²) in [6.45, 7) is 2.61. The van der Waals surface area contributed by atoms with Gasteiger partial charge in [0.1, 0.15) is 0 Å². The van der Waals surface area contributed by atoms with Gasteiger partial charge >= 0.3 is 12.1 Å². The second-order valence-electron chi connectivity index (χ2n) is 5.89. The Bertz CT molecular complexity index is 675. The molecule has 1 saturated heterocycles. The predicted octanol–water partition coefficient (Wildman–Crippen LogP) is 1.65. The highest BCUT2D eigenvalue weighted by atomic mass is 19.4. The van der Waals surface area contributed by atoms with Crippen LogP contribution in [0.1, 0.15) is 28.4 Å². The second kappa shape index (κ2) is 6.08. The largest absolute Gasteiger partial charge is 0.490 e. The molecule has 0 saturated carbocycles. The van der Waals surface area contributed by atoms with E-state index in [2.05, 4.69) is 10.1 Å². The van der Waals surface area contributed by atoms with Crippen molar-refractivity contribution in [3.05, 3.63) is 34.9 Å². The standard InChI is InChI=1S/C16H17F3N2O3/c1-2-9-3-4-10-8-12-13(24-15(23)16(17,18)19)20-5-6-21(12)14(22)11(10)7-9/h3-4,7,12-13,20H,2,5-6,8H2,1H3/t12-,13?/m1/s1. The van der Waals surface area contributed by atoms with Gasteiger partial charge in [-0.3, -0.25) is 10.1 Å². The first kappa shape index (κ1) is 16.8. The van der Waals surface area contributed by atoms with Crippen LogP contribution in [-0.2, 0) is 22.4 Å². The van der Waals surface area contributed by atoms with Crippen LogP contribution in [0.4, 0.5) is 13.2 Å². The van der Waals surface area contributed by atoms with Gasteiger partial charge in [-0.15, -0.1) is 0 Å². The lowest BCUT2D eigenvalue weighted by molar-refractivity contribution is -0.210. The van der Waals surface area contributed by atoms with Gasteiger partial charge in [-0.2, -0.15) is 13.2 Å². The maximum absolute atomic E-state index is 12.7. The van der Waals surface area contributed by atoms with Crippen LogP contribution < -0.4 is 5.32 Å². The molecule has 2 aliphatic heterocycles. The first-order valence-electron chi connectivity index (χ1n) is 7.75. The quantitative estimate of drug-likeness (QED) is 0.831. The normalized spacial score (nSPS) is 23.5. The summed E-state index contributed by atoms with van der Waals surface area (Å²) in [6.07, 6.45) is -5.10. The van der Waals surface area contributed by atoms with Crippen molar-refractivity contribution in [3.8, 4) is 0 Å². The van der Waals surface area contributed by atoms with E-state index in [1.807, 2.05) is 25.1 Å². The van der Waals surface area contributed by atoms with Crippen molar-refractivity contribution in [1.29, 1.82) is 0 Å². The van der Waals surface area contributed by atoms with Gasteiger partial charge < -0.3 is 9.64 Å². The van der Waals surface area contributed by atoms with Crippen molar-refractivity contribution < 1.29 is 27.5 Å². The fourth-order valence-corrected chi connectivity index (χ4v) is 3.16. The summed E-state index contributed by atoms with van der Waals surface area (Å²) in [5.74, 6) is -2.48. The third-order valence-electron chi connectivity index (χ3n) is 4.42. The second-order valence-corrected chi connectivity index (χ2v) is 5.89. The first-order chi connectivity index (χ1) is 11.3. The number of fused-ring (bicyclic) bond motifs is 2. The van der Waals surface area contributed by atoms with Gasteiger partial charge in [-0.25, -0.2) is 4.79 Å². The predicted molar refractivity (Wildman–Crippen MR) is 78.3 cm³/mol. The average Bonchev–Trinajstić information content (AvgIpc) is 2.54. The van der Waals surface area contributed by atoms with Crippen LogP contribution in [0.2, 0.25) is 0 Å². The molecular weight excluding hydrogens is 325 g/mol. The first-order valence-corrected chi connectivity index (χ1v) is 7.75. The van der Waals surface area contributed by atoms with E-state index >= 15 is 0 Å². The lowest BCUT2D eigenvalue weighted by Gasteiger charge is -2.44. The number of hydrogen-bond acceptors (Lipinski definition) is 4. The summed E-state index contributed by atoms with van der Waals surface area (Å²) < 4.78 is 41.9. The zero-order valence-electron chi connectivity index (χ0n) is 13.0. The van der Waals surface area contributed by atoms with E-state index in [0.717, 1.165) is 17.5 Å². The number of carbonyl (C=O) groups is 2. The van der Waals surface area contributed by atoms with E-state index in [0.29, 0.717) is 18.5 Å². The van der Waals surface area contributed by atoms with E-state index in [4.69, 9.17) is 0 Å². The molecule has 0 spiro atoms. The molecule has 0 aliphatic carbocycles. The molecular formula is C16H17F3N2O3. The van der Waals surface area contributed by atoms with E-state index in [9.17, 15) is 22.8 Å². The topological polar surface area (TPSA) is 58.6 Å². The Morgan fingerprint density at radius 3 is 2.83 bits per heavy atom. The molecule has 1 unspecified atom stereocenters. The summed E-state index contributed by atoms with van der Waals surface area (Å²) in [6, 6.07) is 4.90. The number of piperazine rings is 1. The van der Waals surface area contributed by atoms with E-state index in [1.165, 1.54) is 4.90 Å². The number of halogens is 3. The third kappa shape index (κ3) is 2.98. The SMILES string of the molecule is CCc1ccc2c(c1)C(=O)N1CCNC(OC(=O)C(F)(F)F)[C@H]1C2. The Labute approximate surface area is 136 Å². The molecule has 5 nitrogen and oxygen atoms in total. The molecule has 8 heteroatoms. The molecule has 24 heavy (non-hydrogen) atoms. The monoisotopic (exact) mass is 342 g/mol. The summed E-state index contributed by atoms with van der Waals surface area (Å²) in [5, 5.41) is 2.76. The highest BCUT2D eigenvalue weighted by Crippen LogP contribution is 2.29. The summed E-state index contributed by atoms with van der Waals surface area (Å²) >= 11 is 0. The Kier molecular flexibility index (Phi) is 4.25. The van der Waals surface area contributed by atoms with E-state index in [-0.39, 0.29) is 12.5 Å². The Hall–Kier alpha value is -2.09. The van der Waals surface area contributed by atoms with Gasteiger partial charge in [0, 0.05) is 18.7 Å². The fraction of sp³-hybridized carbons (Fsp3) is 0.500.